The Bertz CT molecular complexity index is 569. The summed E-state index contributed by atoms with van der Waals surface area (Å²) in [6, 6.07) is 9.77. The second kappa shape index (κ2) is 7.85. The van der Waals surface area contributed by atoms with E-state index in [4.69, 9.17) is 4.74 Å². The number of aryl methyl sites for hydroxylation is 1. The minimum atomic E-state index is -1.16. The van der Waals surface area contributed by atoms with Gasteiger partial charge in [0.2, 0.25) is 0 Å². The molecule has 1 rings (SSSR count). The summed E-state index contributed by atoms with van der Waals surface area (Å²) in [5.74, 6) is -1.01. The Morgan fingerprint density at radius 3 is 2.04 bits per heavy atom. The van der Waals surface area contributed by atoms with Gasteiger partial charge in [0, 0.05) is 0 Å². The normalized spacial score (nSPS) is 14.3. The van der Waals surface area contributed by atoms with Crippen LogP contribution in [-0.4, -0.2) is 37.2 Å². The highest BCUT2D eigenvalue weighted by Crippen LogP contribution is 2.24. The van der Waals surface area contributed by atoms with Crippen LogP contribution in [-0.2, 0) is 25.5 Å². The van der Waals surface area contributed by atoms with Gasteiger partial charge >= 0.3 is 11.9 Å². The number of rotatable bonds is 7. The molecular formula is C17H24N2O4. The molecule has 23 heavy (non-hydrogen) atoms. The van der Waals surface area contributed by atoms with Gasteiger partial charge in [0.25, 0.3) is 0 Å². The molecule has 0 aliphatic carbocycles. The summed E-state index contributed by atoms with van der Waals surface area (Å²) < 4.78 is 9.53. The van der Waals surface area contributed by atoms with E-state index >= 15 is 0 Å². The van der Waals surface area contributed by atoms with Crippen molar-refractivity contribution < 1.29 is 19.1 Å². The van der Waals surface area contributed by atoms with E-state index in [1.807, 2.05) is 30.3 Å². The van der Waals surface area contributed by atoms with Gasteiger partial charge in [0.05, 0.1) is 14.2 Å². The Morgan fingerprint density at radius 2 is 1.52 bits per heavy atom. The number of benzene rings is 1. The quantitative estimate of drug-likeness (QED) is 0.571. The van der Waals surface area contributed by atoms with E-state index in [2.05, 4.69) is 15.0 Å². The van der Waals surface area contributed by atoms with Crippen LogP contribution in [0.5, 0.6) is 0 Å². The lowest BCUT2D eigenvalue weighted by Crippen LogP contribution is -2.37. The van der Waals surface area contributed by atoms with Gasteiger partial charge in [0.1, 0.15) is 0 Å². The molecule has 0 bridgehead atoms. The van der Waals surface area contributed by atoms with Crippen LogP contribution in [0.15, 0.2) is 40.6 Å². The third-order valence-electron chi connectivity index (χ3n) is 3.57. The maximum Gasteiger partial charge on any atom is 0.335 e. The van der Waals surface area contributed by atoms with Crippen molar-refractivity contribution in [1.82, 2.24) is 0 Å². The summed E-state index contributed by atoms with van der Waals surface area (Å²) in [5.41, 5.74) is -1.22. The Morgan fingerprint density at radius 1 is 0.957 bits per heavy atom. The first-order valence-electron chi connectivity index (χ1n) is 7.40. The fraction of sp³-hybridized carbons (Fsp3) is 0.529. The third kappa shape index (κ3) is 5.16. The van der Waals surface area contributed by atoms with Gasteiger partial charge in [-0.3, -0.25) is 0 Å². The molecule has 0 saturated heterocycles. The van der Waals surface area contributed by atoms with Crippen LogP contribution in [0.1, 0.15) is 32.8 Å². The molecule has 1 unspecified atom stereocenters. The number of hydrogen-bond acceptors (Lipinski definition) is 6. The van der Waals surface area contributed by atoms with Crippen LogP contribution in [0.4, 0.5) is 0 Å². The molecule has 0 radical (unpaired) electrons. The lowest BCUT2D eigenvalue weighted by atomic mass is 9.94. The monoisotopic (exact) mass is 320 g/mol. The van der Waals surface area contributed by atoms with Crippen LogP contribution in [0.2, 0.25) is 0 Å². The third-order valence-corrected chi connectivity index (χ3v) is 3.57. The number of carbonyl (C=O) groups is 2. The summed E-state index contributed by atoms with van der Waals surface area (Å²) in [6.07, 6.45) is 1.06. The molecule has 0 heterocycles. The molecule has 126 valence electrons. The van der Waals surface area contributed by atoms with E-state index in [0.29, 0.717) is 12.8 Å². The van der Waals surface area contributed by atoms with E-state index in [-0.39, 0.29) is 0 Å². The Balaban J connectivity index is 2.94. The van der Waals surface area contributed by atoms with Crippen molar-refractivity contribution in [1.29, 1.82) is 0 Å². The van der Waals surface area contributed by atoms with Gasteiger partial charge < -0.3 is 9.47 Å². The predicted octanol–water partition coefficient (Wildman–Crippen LogP) is 2.95. The van der Waals surface area contributed by atoms with Crippen molar-refractivity contribution in [2.24, 2.45) is 10.2 Å². The molecule has 0 aliphatic rings. The first-order valence-corrected chi connectivity index (χ1v) is 7.40. The zero-order chi connectivity index (χ0) is 17.5. The summed E-state index contributed by atoms with van der Waals surface area (Å²) in [4.78, 5) is 23.8. The fourth-order valence-corrected chi connectivity index (χ4v) is 1.97. The first kappa shape index (κ1) is 18.8. The molecule has 0 fully saturated rings. The van der Waals surface area contributed by atoms with E-state index in [1.54, 1.807) is 20.8 Å². The van der Waals surface area contributed by atoms with Crippen molar-refractivity contribution in [2.75, 3.05) is 14.2 Å². The van der Waals surface area contributed by atoms with Crippen LogP contribution in [0, 0.1) is 0 Å². The number of hydrogen-bond donors (Lipinski definition) is 0. The lowest BCUT2D eigenvalue weighted by molar-refractivity contribution is -0.148. The van der Waals surface area contributed by atoms with Crippen molar-refractivity contribution in [2.45, 2.75) is 44.7 Å². The molecule has 0 aliphatic heterocycles. The van der Waals surface area contributed by atoms with Crippen molar-refractivity contribution in [3.8, 4) is 0 Å². The van der Waals surface area contributed by atoms with Crippen molar-refractivity contribution in [3.05, 3.63) is 35.9 Å². The highest BCUT2D eigenvalue weighted by atomic mass is 16.5. The zero-order valence-corrected chi connectivity index (χ0v) is 14.3. The van der Waals surface area contributed by atoms with Gasteiger partial charge in [-0.05, 0) is 39.2 Å². The predicted molar refractivity (Wildman–Crippen MR) is 86.1 cm³/mol. The fourth-order valence-electron chi connectivity index (χ4n) is 1.97. The number of methoxy groups -OCH3 is 2. The highest BCUT2D eigenvalue weighted by Gasteiger charge is 2.37. The summed E-state index contributed by atoms with van der Waals surface area (Å²) in [6.45, 7) is 4.81. The van der Waals surface area contributed by atoms with E-state index in [9.17, 15) is 9.59 Å². The molecule has 6 nitrogen and oxygen atoms in total. The molecule has 6 heteroatoms. The number of azo groups is 1. The van der Waals surface area contributed by atoms with Crippen molar-refractivity contribution in [3.63, 3.8) is 0 Å². The molecule has 0 N–H and O–H groups in total. The lowest BCUT2D eigenvalue weighted by Gasteiger charge is -2.23. The molecule has 0 amide bonds. The molecule has 1 atom stereocenters. The topological polar surface area (TPSA) is 77.3 Å². The zero-order valence-electron chi connectivity index (χ0n) is 14.3. The van der Waals surface area contributed by atoms with Gasteiger partial charge in [-0.25, -0.2) is 9.59 Å². The first-order chi connectivity index (χ1) is 10.7. The van der Waals surface area contributed by atoms with Gasteiger partial charge in [-0.2, -0.15) is 10.2 Å². The van der Waals surface area contributed by atoms with Gasteiger partial charge in [-0.1, -0.05) is 30.3 Å². The number of carbonyl (C=O) groups excluding carboxylic acids is 2. The van der Waals surface area contributed by atoms with Gasteiger partial charge in [-0.15, -0.1) is 0 Å². The van der Waals surface area contributed by atoms with E-state index < -0.39 is 23.0 Å². The van der Waals surface area contributed by atoms with Crippen LogP contribution >= 0.6 is 0 Å². The SMILES string of the molecule is COC(=O)C(C)(C)N=NC(C)(CCc1ccccc1)C(=O)OC. The second-order valence-electron chi connectivity index (χ2n) is 6.00. The molecule has 0 spiro atoms. The number of ether oxygens (including phenoxy) is 2. The smallest absolute Gasteiger partial charge is 0.335 e. The second-order valence-corrected chi connectivity index (χ2v) is 6.00. The highest BCUT2D eigenvalue weighted by molar-refractivity contribution is 5.81. The van der Waals surface area contributed by atoms with E-state index in [1.165, 1.54) is 14.2 Å². The molecule has 0 aromatic heterocycles. The van der Waals surface area contributed by atoms with Gasteiger partial charge in [0.15, 0.2) is 11.1 Å². The number of esters is 2. The Hall–Kier alpha value is -2.24. The standard InChI is InChI=1S/C17H24N2O4/c1-16(2,14(20)22-4)18-19-17(3,15(21)23-5)12-11-13-9-7-6-8-10-13/h6-10H,11-12H2,1-5H3. The van der Waals surface area contributed by atoms with Crippen molar-refractivity contribution >= 4 is 11.9 Å². The minimum absolute atomic E-state index is 0.421. The average Bonchev–Trinajstić information content (AvgIpc) is 2.57. The average molecular weight is 320 g/mol. The summed E-state index contributed by atoms with van der Waals surface area (Å²) in [5, 5.41) is 8.16. The Kier molecular flexibility index (Phi) is 6.42. The van der Waals surface area contributed by atoms with Crippen LogP contribution < -0.4 is 0 Å². The summed E-state index contributed by atoms with van der Waals surface area (Å²) in [7, 11) is 2.60. The maximum atomic E-state index is 12.1. The number of nitrogens with zero attached hydrogens (tertiary/aromatic N) is 2. The summed E-state index contributed by atoms with van der Waals surface area (Å²) >= 11 is 0. The maximum absolute atomic E-state index is 12.1. The minimum Gasteiger partial charge on any atom is -0.467 e. The van der Waals surface area contributed by atoms with E-state index in [0.717, 1.165) is 5.56 Å². The molecule has 1 aromatic rings. The Labute approximate surface area is 136 Å². The molecule has 0 saturated carbocycles. The van der Waals surface area contributed by atoms with Crippen LogP contribution in [0.3, 0.4) is 0 Å². The largest absolute Gasteiger partial charge is 0.467 e. The molecule has 1 aromatic carbocycles. The van der Waals surface area contributed by atoms with Crippen LogP contribution in [0.25, 0.3) is 0 Å². The molecular weight excluding hydrogens is 296 g/mol.